The van der Waals surface area contributed by atoms with Gasteiger partial charge in [0.15, 0.2) is 0 Å². The second-order valence-corrected chi connectivity index (χ2v) is 9.35. The van der Waals surface area contributed by atoms with E-state index in [4.69, 9.17) is 0 Å². The van der Waals surface area contributed by atoms with E-state index in [0.717, 1.165) is 0 Å². The van der Waals surface area contributed by atoms with Crippen molar-refractivity contribution in [2.75, 3.05) is 0 Å². The fourth-order valence-electron chi connectivity index (χ4n) is 5.58. The van der Waals surface area contributed by atoms with Gasteiger partial charge in [-0.1, -0.05) is 133 Å². The van der Waals surface area contributed by atoms with Crippen LogP contribution in [0.15, 0.2) is 146 Å². The van der Waals surface area contributed by atoms with E-state index in [1.807, 2.05) is 0 Å². The van der Waals surface area contributed by atoms with Gasteiger partial charge in [0, 0.05) is 0 Å². The van der Waals surface area contributed by atoms with E-state index in [0.29, 0.717) is 0 Å². The van der Waals surface area contributed by atoms with Gasteiger partial charge in [0.2, 0.25) is 0 Å². The lowest BCUT2D eigenvalue weighted by Gasteiger charge is -2.18. The van der Waals surface area contributed by atoms with Crippen molar-refractivity contribution in [3.8, 4) is 33.4 Å². The molecule has 7 aromatic carbocycles. The molecule has 168 valence electrons. The third-order valence-corrected chi connectivity index (χ3v) is 7.23. The number of rotatable bonds is 3. The average Bonchev–Trinajstić information content (AvgIpc) is 2.96. The highest BCUT2D eigenvalue weighted by molar-refractivity contribution is 6.21. The Morgan fingerprint density at radius 3 is 1.39 bits per heavy atom. The van der Waals surface area contributed by atoms with Crippen molar-refractivity contribution in [1.29, 1.82) is 0 Å². The highest BCUT2D eigenvalue weighted by atomic mass is 14.2. The summed E-state index contributed by atoms with van der Waals surface area (Å²) in [4.78, 5) is 0. The second kappa shape index (κ2) is 8.52. The Kier molecular flexibility index (Phi) is 4.89. The molecule has 0 heteroatoms. The van der Waals surface area contributed by atoms with Crippen LogP contribution >= 0.6 is 0 Å². The van der Waals surface area contributed by atoms with E-state index < -0.39 is 0 Å². The standard InChI is InChI=1S/C36H24/c1-2-12-26(13-3-1)35-31-17-6-8-19-33(31)36(34-20-9-7-18-32(34)35)30-16-10-15-28(24-30)29-22-21-25-11-4-5-14-27(25)23-29/h1-24H. The Morgan fingerprint density at radius 1 is 0.250 bits per heavy atom. The van der Waals surface area contributed by atoms with Crippen LogP contribution in [0.5, 0.6) is 0 Å². The molecule has 0 spiro atoms. The molecule has 36 heavy (non-hydrogen) atoms. The molecule has 0 radical (unpaired) electrons. The summed E-state index contributed by atoms with van der Waals surface area (Å²) in [6, 6.07) is 52.8. The Labute approximate surface area is 211 Å². The first-order valence-electron chi connectivity index (χ1n) is 12.5. The van der Waals surface area contributed by atoms with Crippen LogP contribution < -0.4 is 0 Å². The fraction of sp³-hybridized carbons (Fsp3) is 0. The molecule has 0 N–H and O–H groups in total. The number of hydrogen-bond acceptors (Lipinski definition) is 0. The van der Waals surface area contributed by atoms with Crippen molar-refractivity contribution in [2.24, 2.45) is 0 Å². The second-order valence-electron chi connectivity index (χ2n) is 9.35. The summed E-state index contributed by atoms with van der Waals surface area (Å²) in [5.74, 6) is 0. The van der Waals surface area contributed by atoms with Crippen LogP contribution in [0.4, 0.5) is 0 Å². The normalized spacial score (nSPS) is 11.3. The Hall–Kier alpha value is -4.68. The first kappa shape index (κ1) is 20.7. The minimum absolute atomic E-state index is 1.23. The molecule has 0 aliphatic carbocycles. The summed E-state index contributed by atoms with van der Waals surface area (Å²) in [5, 5.41) is 7.67. The molecular weight excluding hydrogens is 432 g/mol. The van der Waals surface area contributed by atoms with Crippen molar-refractivity contribution < 1.29 is 0 Å². The third-order valence-electron chi connectivity index (χ3n) is 7.23. The Bertz CT molecular complexity index is 1820. The summed E-state index contributed by atoms with van der Waals surface area (Å²) < 4.78 is 0. The van der Waals surface area contributed by atoms with Crippen LogP contribution in [-0.4, -0.2) is 0 Å². The summed E-state index contributed by atoms with van der Waals surface area (Å²) in [7, 11) is 0. The predicted octanol–water partition coefficient (Wildman–Crippen LogP) is 10.1. The van der Waals surface area contributed by atoms with Gasteiger partial charge in [-0.25, -0.2) is 0 Å². The number of benzene rings is 7. The molecule has 0 atom stereocenters. The van der Waals surface area contributed by atoms with Crippen LogP contribution in [0.2, 0.25) is 0 Å². The lowest BCUT2D eigenvalue weighted by atomic mass is 9.85. The number of hydrogen-bond donors (Lipinski definition) is 0. The van der Waals surface area contributed by atoms with Gasteiger partial charge in [-0.15, -0.1) is 0 Å². The fourth-order valence-corrected chi connectivity index (χ4v) is 5.58. The van der Waals surface area contributed by atoms with Crippen molar-refractivity contribution in [3.63, 3.8) is 0 Å². The molecule has 0 heterocycles. The van der Waals surface area contributed by atoms with Crippen LogP contribution in [0.3, 0.4) is 0 Å². The van der Waals surface area contributed by atoms with Crippen LogP contribution in [0.1, 0.15) is 0 Å². The Balaban J connectivity index is 1.51. The highest BCUT2D eigenvalue weighted by Crippen LogP contribution is 2.44. The average molecular weight is 457 g/mol. The van der Waals surface area contributed by atoms with Crippen molar-refractivity contribution >= 4 is 32.3 Å². The van der Waals surface area contributed by atoms with Crippen LogP contribution in [0, 0.1) is 0 Å². The molecule has 0 saturated carbocycles. The van der Waals surface area contributed by atoms with Gasteiger partial charge in [-0.2, -0.15) is 0 Å². The molecule has 0 unspecified atom stereocenters. The molecule has 0 aliphatic rings. The molecular formula is C36H24. The van der Waals surface area contributed by atoms with Crippen molar-refractivity contribution in [1.82, 2.24) is 0 Å². The molecule has 0 nitrogen and oxygen atoms in total. The molecule has 0 amide bonds. The van der Waals surface area contributed by atoms with Gasteiger partial charge < -0.3 is 0 Å². The molecule has 0 aromatic heterocycles. The van der Waals surface area contributed by atoms with E-state index in [1.165, 1.54) is 65.7 Å². The maximum absolute atomic E-state index is 2.35. The zero-order valence-corrected chi connectivity index (χ0v) is 19.9. The largest absolute Gasteiger partial charge is 0.0622 e. The maximum atomic E-state index is 2.35. The first-order chi connectivity index (χ1) is 17.9. The Morgan fingerprint density at radius 2 is 0.722 bits per heavy atom. The lowest BCUT2D eigenvalue weighted by Crippen LogP contribution is -1.91. The molecule has 0 fully saturated rings. The molecule has 0 saturated heterocycles. The van der Waals surface area contributed by atoms with E-state index in [9.17, 15) is 0 Å². The first-order valence-corrected chi connectivity index (χ1v) is 12.5. The van der Waals surface area contributed by atoms with Gasteiger partial charge in [0.25, 0.3) is 0 Å². The highest BCUT2D eigenvalue weighted by Gasteiger charge is 2.16. The SMILES string of the molecule is c1ccc(-c2c3ccccc3c(-c3cccc(-c4ccc5ccccc5c4)c3)c3ccccc23)cc1. The number of fused-ring (bicyclic) bond motifs is 3. The smallest absolute Gasteiger partial charge is 0.00262 e. The van der Waals surface area contributed by atoms with E-state index in [1.54, 1.807) is 0 Å². The van der Waals surface area contributed by atoms with Gasteiger partial charge in [-0.3, -0.25) is 0 Å². The van der Waals surface area contributed by atoms with Crippen molar-refractivity contribution in [2.45, 2.75) is 0 Å². The summed E-state index contributed by atoms with van der Waals surface area (Å²) in [6.07, 6.45) is 0. The monoisotopic (exact) mass is 456 g/mol. The van der Waals surface area contributed by atoms with Gasteiger partial charge >= 0.3 is 0 Å². The van der Waals surface area contributed by atoms with E-state index in [-0.39, 0.29) is 0 Å². The minimum Gasteiger partial charge on any atom is -0.0622 e. The maximum Gasteiger partial charge on any atom is -0.00262 e. The summed E-state index contributed by atoms with van der Waals surface area (Å²) in [5.41, 5.74) is 7.57. The predicted molar refractivity (Wildman–Crippen MR) is 155 cm³/mol. The molecule has 7 rings (SSSR count). The van der Waals surface area contributed by atoms with E-state index >= 15 is 0 Å². The quantitative estimate of drug-likeness (QED) is 0.232. The van der Waals surface area contributed by atoms with Gasteiger partial charge in [0.05, 0.1) is 0 Å². The van der Waals surface area contributed by atoms with Gasteiger partial charge in [-0.05, 0) is 77.8 Å². The van der Waals surface area contributed by atoms with Crippen LogP contribution in [-0.2, 0) is 0 Å². The molecule has 7 aromatic rings. The third kappa shape index (κ3) is 3.39. The zero-order valence-electron chi connectivity index (χ0n) is 19.9. The van der Waals surface area contributed by atoms with Crippen molar-refractivity contribution in [3.05, 3.63) is 146 Å². The summed E-state index contributed by atoms with van der Waals surface area (Å²) >= 11 is 0. The topological polar surface area (TPSA) is 0 Å². The van der Waals surface area contributed by atoms with E-state index in [2.05, 4.69) is 146 Å². The zero-order chi connectivity index (χ0) is 23.9. The van der Waals surface area contributed by atoms with Crippen LogP contribution in [0.25, 0.3) is 65.7 Å². The summed E-state index contributed by atoms with van der Waals surface area (Å²) in [6.45, 7) is 0. The van der Waals surface area contributed by atoms with Gasteiger partial charge in [0.1, 0.15) is 0 Å². The molecule has 0 bridgehead atoms. The lowest BCUT2D eigenvalue weighted by molar-refractivity contribution is 1.62. The minimum atomic E-state index is 1.23. The molecule has 0 aliphatic heterocycles.